The molecule has 0 spiro atoms. The van der Waals surface area contributed by atoms with Crippen LogP contribution in [0.4, 0.5) is 4.39 Å². The van der Waals surface area contributed by atoms with Crippen molar-refractivity contribution >= 4 is 0 Å². The fourth-order valence-corrected chi connectivity index (χ4v) is 2.82. The number of aromatic nitrogens is 2. The number of halogens is 1. The fraction of sp³-hybridized carbons (Fsp3) is 0.400. The van der Waals surface area contributed by atoms with Crippen molar-refractivity contribution in [3.05, 3.63) is 54.1 Å². The Bertz CT molecular complexity index is 541. The predicted octanol–water partition coefficient (Wildman–Crippen LogP) is 1.83. The van der Waals surface area contributed by atoms with E-state index in [1.165, 1.54) is 12.1 Å². The van der Waals surface area contributed by atoms with Crippen LogP contribution < -0.4 is 0 Å². The molecule has 3 rings (SSSR count). The highest BCUT2D eigenvalue weighted by Gasteiger charge is 2.31. The van der Waals surface area contributed by atoms with Crippen molar-refractivity contribution in [1.82, 2.24) is 14.7 Å². The summed E-state index contributed by atoms with van der Waals surface area (Å²) in [7, 11) is 0. The predicted molar refractivity (Wildman–Crippen MR) is 73.6 cm³/mol. The molecular weight excluding hydrogens is 257 g/mol. The van der Waals surface area contributed by atoms with Crippen molar-refractivity contribution < 1.29 is 9.50 Å². The first-order valence-corrected chi connectivity index (χ1v) is 6.87. The third-order valence-electron chi connectivity index (χ3n) is 3.81. The lowest BCUT2D eigenvalue weighted by Crippen LogP contribution is -2.28. The Balaban J connectivity index is 1.69. The number of nitrogens with zero attached hydrogens (tertiary/aromatic N) is 3. The number of hydrogen-bond donors (Lipinski definition) is 1. The first-order chi connectivity index (χ1) is 9.72. The molecule has 1 saturated heterocycles. The molecule has 1 aromatic carbocycles. The van der Waals surface area contributed by atoms with E-state index >= 15 is 0 Å². The van der Waals surface area contributed by atoms with Gasteiger partial charge in [-0.2, -0.15) is 5.10 Å². The van der Waals surface area contributed by atoms with Gasteiger partial charge in [0.05, 0.1) is 12.6 Å². The van der Waals surface area contributed by atoms with E-state index in [0.29, 0.717) is 13.0 Å². The second kappa shape index (κ2) is 5.73. The molecular formula is C15H18FN3O. The lowest BCUT2D eigenvalue weighted by Gasteiger charge is -2.24. The molecule has 0 radical (unpaired) electrons. The molecule has 1 N–H and O–H groups in total. The Morgan fingerprint density at radius 1 is 1.25 bits per heavy atom. The maximum Gasteiger partial charge on any atom is 0.123 e. The summed E-state index contributed by atoms with van der Waals surface area (Å²) in [6.45, 7) is 2.27. The second-order valence-corrected chi connectivity index (χ2v) is 5.22. The van der Waals surface area contributed by atoms with E-state index in [9.17, 15) is 9.50 Å². The summed E-state index contributed by atoms with van der Waals surface area (Å²) < 4.78 is 14.9. The minimum Gasteiger partial charge on any atom is -0.392 e. The van der Waals surface area contributed by atoms with Crippen LogP contribution in [-0.2, 0) is 6.54 Å². The number of β-amino-alcohol motifs (C(OH)–C–C–N with tert-alkyl or cyclic N) is 1. The molecule has 2 atom stereocenters. The van der Waals surface area contributed by atoms with Gasteiger partial charge in [-0.25, -0.2) is 4.39 Å². The van der Waals surface area contributed by atoms with Crippen molar-refractivity contribution in [1.29, 1.82) is 0 Å². The number of aliphatic hydroxyl groups is 1. The van der Waals surface area contributed by atoms with Gasteiger partial charge in [0.1, 0.15) is 5.82 Å². The third kappa shape index (κ3) is 2.89. The molecule has 106 valence electrons. The van der Waals surface area contributed by atoms with Crippen molar-refractivity contribution in [3.8, 4) is 0 Å². The van der Waals surface area contributed by atoms with Crippen molar-refractivity contribution in [2.75, 3.05) is 13.1 Å². The van der Waals surface area contributed by atoms with Crippen LogP contribution >= 0.6 is 0 Å². The van der Waals surface area contributed by atoms with Gasteiger partial charge >= 0.3 is 0 Å². The summed E-state index contributed by atoms with van der Waals surface area (Å²) in [6, 6.07) is 8.62. The zero-order chi connectivity index (χ0) is 13.9. The van der Waals surface area contributed by atoms with Crippen LogP contribution in [0.5, 0.6) is 0 Å². The molecule has 2 aromatic rings. The minimum absolute atomic E-state index is 0.154. The molecule has 0 bridgehead atoms. The number of hydrogen-bond acceptors (Lipinski definition) is 3. The Morgan fingerprint density at radius 3 is 2.75 bits per heavy atom. The summed E-state index contributed by atoms with van der Waals surface area (Å²) in [5, 5.41) is 14.1. The van der Waals surface area contributed by atoms with E-state index in [2.05, 4.69) is 10.00 Å². The maximum absolute atomic E-state index is 13.0. The van der Waals surface area contributed by atoms with Crippen LogP contribution in [0.15, 0.2) is 42.7 Å². The average Bonchev–Trinajstić information content (AvgIpc) is 3.06. The molecule has 0 aliphatic carbocycles. The Labute approximate surface area is 117 Å². The maximum atomic E-state index is 13.0. The first-order valence-electron chi connectivity index (χ1n) is 6.87. The van der Waals surface area contributed by atoms with Crippen LogP contribution in [0.3, 0.4) is 0 Å². The van der Waals surface area contributed by atoms with Crippen molar-refractivity contribution in [2.24, 2.45) is 0 Å². The quantitative estimate of drug-likeness (QED) is 0.925. The average molecular weight is 275 g/mol. The summed E-state index contributed by atoms with van der Waals surface area (Å²) in [5.41, 5.74) is 1.06. The van der Waals surface area contributed by atoms with Crippen molar-refractivity contribution in [3.63, 3.8) is 0 Å². The molecule has 1 aliphatic heterocycles. The van der Waals surface area contributed by atoms with E-state index < -0.39 is 0 Å². The van der Waals surface area contributed by atoms with Gasteiger partial charge in [-0.15, -0.1) is 0 Å². The van der Waals surface area contributed by atoms with Gasteiger partial charge < -0.3 is 5.11 Å². The zero-order valence-corrected chi connectivity index (χ0v) is 11.2. The molecule has 0 amide bonds. The monoisotopic (exact) mass is 275 g/mol. The molecule has 1 aliphatic rings. The van der Waals surface area contributed by atoms with Crippen LogP contribution in [0.2, 0.25) is 0 Å². The summed E-state index contributed by atoms with van der Waals surface area (Å²) in [4.78, 5) is 2.24. The first kappa shape index (κ1) is 13.3. The third-order valence-corrected chi connectivity index (χ3v) is 3.81. The van der Waals surface area contributed by atoms with Crippen LogP contribution in [-0.4, -0.2) is 39.0 Å². The fourth-order valence-electron chi connectivity index (χ4n) is 2.82. The molecule has 0 saturated carbocycles. The highest BCUT2D eigenvalue weighted by Crippen LogP contribution is 2.31. The van der Waals surface area contributed by atoms with Crippen LogP contribution in [0.1, 0.15) is 18.0 Å². The lowest BCUT2D eigenvalue weighted by atomic mass is 10.0. The number of benzene rings is 1. The number of aliphatic hydroxyl groups excluding tert-OH is 1. The van der Waals surface area contributed by atoms with Crippen LogP contribution in [0.25, 0.3) is 0 Å². The molecule has 1 fully saturated rings. The molecule has 1 aromatic heterocycles. The smallest absolute Gasteiger partial charge is 0.123 e. The Morgan fingerprint density at radius 2 is 2.05 bits per heavy atom. The number of likely N-dealkylation sites (tertiary alicyclic amines) is 1. The van der Waals surface area contributed by atoms with Crippen molar-refractivity contribution in [2.45, 2.75) is 25.1 Å². The van der Waals surface area contributed by atoms with E-state index in [1.54, 1.807) is 18.3 Å². The molecule has 5 heteroatoms. The van der Waals surface area contributed by atoms with Gasteiger partial charge in [-0.05, 0) is 30.2 Å². The zero-order valence-electron chi connectivity index (χ0n) is 11.2. The van der Waals surface area contributed by atoms with E-state index in [0.717, 1.165) is 18.7 Å². The lowest BCUT2D eigenvalue weighted by molar-refractivity contribution is 0.172. The Kier molecular flexibility index (Phi) is 3.80. The van der Waals surface area contributed by atoms with E-state index in [-0.39, 0.29) is 18.0 Å². The Hall–Kier alpha value is -1.72. The normalized spacial score (nSPS) is 23.3. The summed E-state index contributed by atoms with van der Waals surface area (Å²) in [5.74, 6) is -0.226. The largest absolute Gasteiger partial charge is 0.392 e. The van der Waals surface area contributed by atoms with E-state index in [1.807, 2.05) is 16.9 Å². The highest BCUT2D eigenvalue weighted by molar-refractivity contribution is 5.21. The molecule has 0 unspecified atom stereocenters. The molecule has 2 heterocycles. The van der Waals surface area contributed by atoms with Gasteiger partial charge in [0.25, 0.3) is 0 Å². The van der Waals surface area contributed by atoms with Gasteiger partial charge in [0, 0.05) is 31.5 Å². The summed E-state index contributed by atoms with van der Waals surface area (Å²) >= 11 is 0. The van der Waals surface area contributed by atoms with Crippen LogP contribution in [0, 0.1) is 5.82 Å². The standard InChI is InChI=1S/C15H18FN3O/c16-13-4-2-12(3-5-13)15-10-14(20)11-18(15)8-9-19-7-1-6-17-19/h1-7,14-15,20H,8-11H2/t14-,15-/m0/s1. The molecule has 20 heavy (non-hydrogen) atoms. The topological polar surface area (TPSA) is 41.3 Å². The molecule has 4 nitrogen and oxygen atoms in total. The summed E-state index contributed by atoms with van der Waals surface area (Å²) in [6.07, 6.45) is 4.07. The second-order valence-electron chi connectivity index (χ2n) is 5.22. The van der Waals surface area contributed by atoms with E-state index in [4.69, 9.17) is 0 Å². The van der Waals surface area contributed by atoms with Gasteiger partial charge in [0.15, 0.2) is 0 Å². The van der Waals surface area contributed by atoms with Gasteiger partial charge in [-0.1, -0.05) is 12.1 Å². The van der Waals surface area contributed by atoms with Gasteiger partial charge in [0.2, 0.25) is 0 Å². The van der Waals surface area contributed by atoms with Gasteiger partial charge in [-0.3, -0.25) is 9.58 Å². The minimum atomic E-state index is -0.317. The highest BCUT2D eigenvalue weighted by atomic mass is 19.1. The number of rotatable bonds is 4. The SMILES string of the molecule is O[C@H]1C[C@@H](c2ccc(F)cc2)N(CCn2cccn2)C1.